The van der Waals surface area contributed by atoms with Crippen LogP contribution in [0.4, 0.5) is 15.0 Å². The van der Waals surface area contributed by atoms with Crippen molar-refractivity contribution in [1.82, 2.24) is 19.6 Å². The van der Waals surface area contributed by atoms with E-state index in [0.717, 1.165) is 44.1 Å². The van der Waals surface area contributed by atoms with Crippen molar-refractivity contribution in [1.29, 1.82) is 0 Å². The van der Waals surface area contributed by atoms with E-state index in [2.05, 4.69) is 56.6 Å². The highest BCUT2D eigenvalue weighted by atomic mass is 32.2. The number of amides is 2. The van der Waals surface area contributed by atoms with E-state index in [1.54, 1.807) is 6.07 Å². The van der Waals surface area contributed by atoms with Crippen LogP contribution in [-0.4, -0.2) is 61.8 Å². The summed E-state index contributed by atoms with van der Waals surface area (Å²) in [6.45, 7) is 25.1. The van der Waals surface area contributed by atoms with Crippen LogP contribution in [0.5, 0.6) is 0 Å². The lowest BCUT2D eigenvalue weighted by Gasteiger charge is -2.48. The summed E-state index contributed by atoms with van der Waals surface area (Å²) in [5, 5.41) is 4.33. The van der Waals surface area contributed by atoms with Crippen LogP contribution in [0.15, 0.2) is 35.4 Å². The molecule has 2 fully saturated rings. The minimum absolute atomic E-state index is 0.102. The van der Waals surface area contributed by atoms with Gasteiger partial charge < -0.3 is 19.7 Å². The van der Waals surface area contributed by atoms with Crippen LogP contribution < -0.4 is 10.0 Å². The molecule has 2 aliphatic heterocycles. The zero-order valence-electron chi connectivity index (χ0n) is 31.6. The molecule has 2 atom stereocenters. The number of anilines is 1. The Balaban J connectivity index is 1.47. The predicted octanol–water partition coefficient (Wildman–Crippen LogP) is 8.93. The molecule has 4 heterocycles. The molecule has 2 aliphatic rings. The van der Waals surface area contributed by atoms with Crippen LogP contribution in [0.3, 0.4) is 0 Å². The molecular weight excluding hydrogens is 642 g/mol. The molecule has 2 aromatic heterocycles. The van der Waals surface area contributed by atoms with Crippen molar-refractivity contribution in [2.45, 2.75) is 154 Å². The Morgan fingerprint density at radius 1 is 1.00 bits per heavy atom. The molecule has 0 saturated carbocycles. The zero-order chi connectivity index (χ0) is 36.6. The third kappa shape index (κ3) is 10.8. The van der Waals surface area contributed by atoms with E-state index in [-0.39, 0.29) is 39.9 Å². The number of hydrogen-bond donors (Lipinski definition) is 2. The topological polar surface area (TPSA) is 106 Å². The molecule has 272 valence electrons. The first-order chi connectivity index (χ1) is 22.4. The molecule has 49 heavy (non-hydrogen) atoms. The number of halogens is 1. The second kappa shape index (κ2) is 14.4. The number of rotatable bonds is 9. The first-order valence-electron chi connectivity index (χ1n) is 17.5. The number of nitrogens with one attached hydrogen (secondary N) is 2. The highest BCUT2D eigenvalue weighted by Crippen LogP contribution is 2.43. The first kappa shape index (κ1) is 38.9. The van der Waals surface area contributed by atoms with Crippen molar-refractivity contribution in [2.75, 3.05) is 11.9 Å². The number of carbonyl (C=O) groups excluding carboxylic acids is 2. The summed E-state index contributed by atoms with van der Waals surface area (Å²) < 4.78 is 29.7. The lowest BCUT2D eigenvalue weighted by Crippen LogP contribution is -2.49. The number of nitrogens with zero attached hydrogens (tertiary/aromatic N) is 3. The fourth-order valence-corrected chi connectivity index (χ4v) is 8.03. The van der Waals surface area contributed by atoms with Crippen molar-refractivity contribution < 1.29 is 23.5 Å². The molecule has 0 spiro atoms. The van der Waals surface area contributed by atoms with Crippen LogP contribution in [0.2, 0.25) is 0 Å². The SMILES string of the molecule is CC(C)(C)OC(=O)N1CC(CCC(Nc2cccc(SNC(=O)c3ccc(C(C)(C)C)nc3F)n2)C2CC(C)(C)OC(C)(C)C2)CC1(C)C. The van der Waals surface area contributed by atoms with Crippen molar-refractivity contribution in [2.24, 2.45) is 11.8 Å². The number of ether oxygens (including phenoxy) is 2. The van der Waals surface area contributed by atoms with Crippen molar-refractivity contribution in [3.05, 3.63) is 47.5 Å². The van der Waals surface area contributed by atoms with E-state index in [0.29, 0.717) is 34.9 Å². The standard InChI is InChI=1S/C38H58FN5O4S/c1-34(2,3)28-19-17-26(31(39)41-28)32(45)43-49-30-15-13-14-29(42-30)40-27(25-21-37(9,10)48-38(11,12)22-25)18-16-24-20-36(7,8)44(23-24)33(46)47-35(4,5)6/h13-15,17,19,24-25,27H,16,18,20-23H2,1-12H3,(H,40,42)(H,43,45). The molecule has 9 nitrogen and oxygen atoms in total. The average Bonchev–Trinajstić information content (AvgIpc) is 3.25. The second-order valence-corrected chi connectivity index (χ2v) is 18.6. The molecule has 2 N–H and O–H groups in total. The van der Waals surface area contributed by atoms with Gasteiger partial charge in [0.15, 0.2) is 0 Å². The Bertz CT molecular complexity index is 1480. The number of hydrogen-bond acceptors (Lipinski definition) is 8. The summed E-state index contributed by atoms with van der Waals surface area (Å²) in [4.78, 5) is 36.7. The Kier molecular flexibility index (Phi) is 11.4. The minimum atomic E-state index is -0.793. The molecule has 0 aliphatic carbocycles. The second-order valence-electron chi connectivity index (χ2n) is 17.8. The summed E-state index contributed by atoms with van der Waals surface area (Å²) in [6.07, 6.45) is 4.28. The van der Waals surface area contributed by atoms with E-state index in [1.807, 2.05) is 64.6 Å². The van der Waals surface area contributed by atoms with E-state index >= 15 is 0 Å². The third-order valence-corrected chi connectivity index (χ3v) is 9.98. The van der Waals surface area contributed by atoms with Gasteiger partial charge in [0.2, 0.25) is 5.95 Å². The molecule has 0 bridgehead atoms. The summed E-state index contributed by atoms with van der Waals surface area (Å²) in [5.74, 6) is -0.000526. The monoisotopic (exact) mass is 699 g/mol. The summed E-state index contributed by atoms with van der Waals surface area (Å²) >= 11 is 1.04. The normalized spacial score (nSPS) is 21.2. The molecule has 0 aromatic carbocycles. The Morgan fingerprint density at radius 2 is 1.65 bits per heavy atom. The highest BCUT2D eigenvalue weighted by Gasteiger charge is 2.45. The van der Waals surface area contributed by atoms with E-state index < -0.39 is 17.5 Å². The molecular formula is C38H58FN5O4S. The quantitative estimate of drug-likeness (QED) is 0.198. The first-order valence-corrected chi connectivity index (χ1v) is 18.3. The van der Waals surface area contributed by atoms with Crippen LogP contribution in [0, 0.1) is 17.8 Å². The molecule has 11 heteroatoms. The minimum Gasteiger partial charge on any atom is -0.444 e. The van der Waals surface area contributed by atoms with Gasteiger partial charge in [-0.05, 0) is 131 Å². The maximum atomic E-state index is 14.8. The number of carbonyl (C=O) groups is 2. The smallest absolute Gasteiger partial charge is 0.410 e. The van der Waals surface area contributed by atoms with Gasteiger partial charge in [-0.25, -0.2) is 14.8 Å². The van der Waals surface area contributed by atoms with Crippen molar-refractivity contribution in [3.63, 3.8) is 0 Å². The van der Waals surface area contributed by atoms with E-state index in [1.165, 1.54) is 6.07 Å². The lowest BCUT2D eigenvalue weighted by atomic mass is 9.75. The Labute approximate surface area is 297 Å². The largest absolute Gasteiger partial charge is 0.444 e. The Morgan fingerprint density at radius 3 is 2.24 bits per heavy atom. The molecule has 2 aromatic rings. The summed E-state index contributed by atoms with van der Waals surface area (Å²) in [5.41, 5.74) is -1.25. The van der Waals surface area contributed by atoms with Gasteiger partial charge in [-0.1, -0.05) is 26.8 Å². The van der Waals surface area contributed by atoms with Crippen molar-refractivity contribution in [3.8, 4) is 0 Å². The molecule has 2 unspecified atom stereocenters. The van der Waals surface area contributed by atoms with E-state index in [4.69, 9.17) is 14.5 Å². The average molecular weight is 700 g/mol. The van der Waals surface area contributed by atoms with Crippen LogP contribution >= 0.6 is 11.9 Å². The fraction of sp³-hybridized carbons (Fsp3) is 0.684. The van der Waals surface area contributed by atoms with Gasteiger partial charge in [0.1, 0.15) is 16.4 Å². The van der Waals surface area contributed by atoms with Crippen LogP contribution in [0.1, 0.15) is 131 Å². The summed E-state index contributed by atoms with van der Waals surface area (Å²) in [6, 6.07) is 8.92. The summed E-state index contributed by atoms with van der Waals surface area (Å²) in [7, 11) is 0. The number of aromatic nitrogens is 2. The molecule has 2 amide bonds. The van der Waals surface area contributed by atoms with Crippen LogP contribution in [0.25, 0.3) is 0 Å². The number of likely N-dealkylation sites (tertiary alicyclic amines) is 1. The lowest BCUT2D eigenvalue weighted by molar-refractivity contribution is -0.174. The maximum absolute atomic E-state index is 14.8. The van der Waals surface area contributed by atoms with Gasteiger partial charge >= 0.3 is 6.09 Å². The molecule has 2 saturated heterocycles. The zero-order valence-corrected chi connectivity index (χ0v) is 32.4. The van der Waals surface area contributed by atoms with Gasteiger partial charge in [0.05, 0.1) is 16.8 Å². The van der Waals surface area contributed by atoms with Crippen molar-refractivity contribution >= 4 is 29.8 Å². The number of pyridine rings is 2. The third-order valence-electron chi connectivity index (χ3n) is 9.26. The van der Waals surface area contributed by atoms with Crippen LogP contribution in [-0.2, 0) is 14.9 Å². The van der Waals surface area contributed by atoms with Gasteiger partial charge in [0.25, 0.3) is 5.91 Å². The van der Waals surface area contributed by atoms with E-state index in [9.17, 15) is 14.0 Å². The molecule has 0 radical (unpaired) electrons. The van der Waals surface area contributed by atoms with Gasteiger partial charge in [-0.3, -0.25) is 9.52 Å². The predicted molar refractivity (Wildman–Crippen MR) is 194 cm³/mol. The fourth-order valence-electron chi connectivity index (χ4n) is 7.43. The molecule has 4 rings (SSSR count). The maximum Gasteiger partial charge on any atom is 0.410 e. The highest BCUT2D eigenvalue weighted by molar-refractivity contribution is 7.97. The van der Waals surface area contributed by atoms with Gasteiger partial charge in [0, 0.05) is 41.2 Å². The Hall–Kier alpha value is -2.92. The van der Waals surface area contributed by atoms with Gasteiger partial charge in [-0.2, -0.15) is 4.39 Å². The van der Waals surface area contributed by atoms with Gasteiger partial charge in [-0.15, -0.1) is 0 Å².